The van der Waals surface area contributed by atoms with Crippen molar-refractivity contribution in [2.24, 2.45) is 4.99 Å². The predicted molar refractivity (Wildman–Crippen MR) is 94.7 cm³/mol. The minimum absolute atomic E-state index is 0.0720. The molecule has 1 aromatic rings. The van der Waals surface area contributed by atoms with Gasteiger partial charge in [0.2, 0.25) is 0 Å². The lowest BCUT2D eigenvalue weighted by molar-refractivity contribution is -0.117. The van der Waals surface area contributed by atoms with E-state index >= 15 is 0 Å². The number of nitrogens with zero attached hydrogens (tertiary/aromatic N) is 3. The molecule has 1 aromatic carbocycles. The lowest BCUT2D eigenvalue weighted by Crippen LogP contribution is -2.39. The summed E-state index contributed by atoms with van der Waals surface area (Å²) in [6.45, 7) is 3.91. The number of carbonyl (C=O) groups excluding carboxylic acids is 2. The molecule has 0 aromatic heterocycles. The van der Waals surface area contributed by atoms with Crippen LogP contribution in [0.5, 0.6) is 5.75 Å². The topological polar surface area (TPSA) is 62.2 Å². The number of aliphatic imine (C=N–C) groups is 1. The van der Waals surface area contributed by atoms with Gasteiger partial charge in [0.1, 0.15) is 5.75 Å². The minimum atomic E-state index is -0.615. The van der Waals surface area contributed by atoms with Crippen LogP contribution in [0.4, 0.5) is 10.5 Å². The zero-order valence-corrected chi connectivity index (χ0v) is 14.4. The number of rotatable bonds is 3. The molecule has 0 saturated carbocycles. The molecular formula is C19H21N3O3. The van der Waals surface area contributed by atoms with E-state index in [1.54, 1.807) is 35.4 Å². The third-order valence-corrected chi connectivity index (χ3v) is 4.69. The standard InChI is InChI=1S/C19H21N3O3/c1-12(2)25-14-9-7-13(8-10-14)21-18(23)17-11-20-15-5-3-4-6-16(15)22(17)19(21)24/h7-12,17H,3-6H2,1-2H3. The maximum absolute atomic E-state index is 13.0. The Kier molecular flexibility index (Phi) is 3.82. The molecule has 4 rings (SSSR count). The van der Waals surface area contributed by atoms with E-state index in [1.165, 1.54) is 4.90 Å². The minimum Gasteiger partial charge on any atom is -0.491 e. The Bertz CT molecular complexity index is 780. The van der Waals surface area contributed by atoms with E-state index in [2.05, 4.69) is 4.99 Å². The van der Waals surface area contributed by atoms with Crippen LogP contribution in [0.3, 0.4) is 0 Å². The van der Waals surface area contributed by atoms with Gasteiger partial charge in [-0.15, -0.1) is 0 Å². The highest BCUT2D eigenvalue weighted by atomic mass is 16.5. The largest absolute Gasteiger partial charge is 0.491 e. The van der Waals surface area contributed by atoms with Crippen molar-refractivity contribution in [2.45, 2.75) is 51.7 Å². The van der Waals surface area contributed by atoms with E-state index in [4.69, 9.17) is 4.74 Å². The quantitative estimate of drug-likeness (QED) is 0.792. The van der Waals surface area contributed by atoms with Crippen molar-refractivity contribution < 1.29 is 14.3 Å². The Labute approximate surface area is 146 Å². The van der Waals surface area contributed by atoms with E-state index in [0.717, 1.165) is 42.8 Å². The zero-order chi connectivity index (χ0) is 17.6. The summed E-state index contributed by atoms with van der Waals surface area (Å²) < 4.78 is 5.62. The fourth-order valence-corrected chi connectivity index (χ4v) is 3.59. The Morgan fingerprint density at radius 1 is 1.12 bits per heavy atom. The number of allylic oxidation sites excluding steroid dienone is 2. The summed E-state index contributed by atoms with van der Waals surface area (Å²) >= 11 is 0. The van der Waals surface area contributed by atoms with Crippen LogP contribution in [0.1, 0.15) is 39.5 Å². The summed E-state index contributed by atoms with van der Waals surface area (Å²) in [5.74, 6) is 0.470. The van der Waals surface area contributed by atoms with Crippen molar-refractivity contribution in [3.05, 3.63) is 35.7 Å². The molecule has 3 amide bonds. The van der Waals surface area contributed by atoms with Crippen LogP contribution in [0.15, 0.2) is 40.7 Å². The number of imide groups is 1. The van der Waals surface area contributed by atoms with E-state index < -0.39 is 6.04 Å². The van der Waals surface area contributed by atoms with Gasteiger partial charge in [0.05, 0.1) is 17.5 Å². The molecule has 2 aliphatic heterocycles. The number of fused-ring (bicyclic) bond motifs is 2. The number of benzene rings is 1. The van der Waals surface area contributed by atoms with Gasteiger partial charge in [0.15, 0.2) is 6.04 Å². The molecule has 0 radical (unpaired) electrons. The molecule has 0 spiro atoms. The molecular weight excluding hydrogens is 318 g/mol. The van der Waals surface area contributed by atoms with Gasteiger partial charge in [0, 0.05) is 11.9 Å². The third-order valence-electron chi connectivity index (χ3n) is 4.69. The van der Waals surface area contributed by atoms with Gasteiger partial charge >= 0.3 is 6.03 Å². The van der Waals surface area contributed by atoms with Crippen molar-refractivity contribution in [3.63, 3.8) is 0 Å². The number of hydrogen-bond donors (Lipinski definition) is 0. The maximum Gasteiger partial charge on any atom is 0.336 e. The first kappa shape index (κ1) is 15.9. The molecule has 6 nitrogen and oxygen atoms in total. The second-order valence-electron chi connectivity index (χ2n) is 6.81. The number of carbonyl (C=O) groups is 2. The van der Waals surface area contributed by atoms with Gasteiger partial charge in [-0.3, -0.25) is 14.7 Å². The predicted octanol–water partition coefficient (Wildman–Crippen LogP) is 3.48. The Morgan fingerprint density at radius 2 is 1.84 bits per heavy atom. The van der Waals surface area contributed by atoms with Crippen LogP contribution in [-0.4, -0.2) is 35.2 Å². The SMILES string of the molecule is CC(C)Oc1ccc(N2C(=O)C3C=NC4=C(CCCC4)N3C2=O)cc1. The fourth-order valence-electron chi connectivity index (χ4n) is 3.59. The molecule has 130 valence electrons. The van der Waals surface area contributed by atoms with Crippen LogP contribution in [-0.2, 0) is 4.79 Å². The van der Waals surface area contributed by atoms with Gasteiger partial charge in [-0.2, -0.15) is 0 Å². The van der Waals surface area contributed by atoms with Crippen molar-refractivity contribution in [1.82, 2.24) is 4.90 Å². The fraction of sp³-hybridized carbons (Fsp3) is 0.421. The van der Waals surface area contributed by atoms with Crippen molar-refractivity contribution in [1.29, 1.82) is 0 Å². The Hall–Kier alpha value is -2.63. The van der Waals surface area contributed by atoms with Gasteiger partial charge in [-0.25, -0.2) is 9.69 Å². The van der Waals surface area contributed by atoms with Gasteiger partial charge < -0.3 is 4.74 Å². The van der Waals surface area contributed by atoms with Gasteiger partial charge in [0.25, 0.3) is 5.91 Å². The maximum atomic E-state index is 13.0. The summed E-state index contributed by atoms with van der Waals surface area (Å²) in [5.41, 5.74) is 2.43. The van der Waals surface area contributed by atoms with Crippen molar-refractivity contribution in [2.75, 3.05) is 4.90 Å². The first-order valence-corrected chi connectivity index (χ1v) is 8.76. The van der Waals surface area contributed by atoms with Crippen LogP contribution < -0.4 is 9.64 Å². The molecule has 2 heterocycles. The highest BCUT2D eigenvalue weighted by Gasteiger charge is 2.48. The number of hydrogen-bond acceptors (Lipinski definition) is 4. The lowest BCUT2D eigenvalue weighted by atomic mass is 9.98. The molecule has 1 aliphatic carbocycles. The molecule has 1 unspecified atom stereocenters. The summed E-state index contributed by atoms with van der Waals surface area (Å²) in [4.78, 5) is 33.1. The van der Waals surface area contributed by atoms with Crippen LogP contribution in [0, 0.1) is 0 Å². The summed E-state index contributed by atoms with van der Waals surface area (Å²) in [7, 11) is 0. The van der Waals surface area contributed by atoms with E-state index in [1.807, 2.05) is 13.8 Å². The molecule has 25 heavy (non-hydrogen) atoms. The van der Waals surface area contributed by atoms with Crippen LogP contribution in [0.25, 0.3) is 0 Å². The summed E-state index contributed by atoms with van der Waals surface area (Å²) in [6, 6.07) is 6.17. The van der Waals surface area contributed by atoms with Crippen molar-refractivity contribution >= 4 is 23.8 Å². The Balaban J connectivity index is 1.64. The molecule has 3 aliphatic rings. The molecule has 1 fully saturated rings. The van der Waals surface area contributed by atoms with E-state index in [9.17, 15) is 9.59 Å². The molecule has 1 atom stereocenters. The average Bonchev–Trinajstić information content (AvgIpc) is 2.86. The first-order chi connectivity index (χ1) is 12.1. The van der Waals surface area contributed by atoms with Crippen LogP contribution in [0.2, 0.25) is 0 Å². The van der Waals surface area contributed by atoms with Crippen LogP contribution >= 0.6 is 0 Å². The number of ether oxygens (including phenoxy) is 1. The van der Waals surface area contributed by atoms with Gasteiger partial charge in [-0.1, -0.05) is 0 Å². The van der Waals surface area contributed by atoms with E-state index in [0.29, 0.717) is 5.69 Å². The molecule has 6 heteroatoms. The normalized spacial score (nSPS) is 22.6. The Morgan fingerprint density at radius 3 is 2.56 bits per heavy atom. The molecule has 1 saturated heterocycles. The molecule has 0 bridgehead atoms. The number of anilines is 1. The summed E-state index contributed by atoms with van der Waals surface area (Å²) in [5, 5.41) is 0. The highest BCUT2D eigenvalue weighted by molar-refractivity contribution is 6.27. The lowest BCUT2D eigenvalue weighted by Gasteiger charge is -2.30. The number of amides is 3. The number of urea groups is 1. The first-order valence-electron chi connectivity index (χ1n) is 8.76. The smallest absolute Gasteiger partial charge is 0.336 e. The van der Waals surface area contributed by atoms with E-state index in [-0.39, 0.29) is 18.0 Å². The monoisotopic (exact) mass is 339 g/mol. The third kappa shape index (κ3) is 2.62. The second-order valence-corrected chi connectivity index (χ2v) is 6.81. The second kappa shape index (κ2) is 6.02. The average molecular weight is 339 g/mol. The zero-order valence-electron chi connectivity index (χ0n) is 14.4. The van der Waals surface area contributed by atoms with Crippen molar-refractivity contribution in [3.8, 4) is 5.75 Å². The molecule has 0 N–H and O–H groups in total. The highest BCUT2D eigenvalue weighted by Crippen LogP contribution is 2.37. The summed E-state index contributed by atoms with van der Waals surface area (Å²) in [6.07, 6.45) is 5.47. The van der Waals surface area contributed by atoms with Gasteiger partial charge in [-0.05, 0) is 63.8 Å².